The molecule has 0 bridgehead atoms. The number of para-hydroxylation sites is 1. The van der Waals surface area contributed by atoms with Crippen molar-refractivity contribution in [2.45, 2.75) is 19.6 Å². The number of aromatic nitrogens is 3. The summed E-state index contributed by atoms with van der Waals surface area (Å²) in [6.07, 6.45) is 3.45. The summed E-state index contributed by atoms with van der Waals surface area (Å²) >= 11 is 6.60. The molecule has 1 aliphatic heterocycles. The third-order valence-corrected chi connectivity index (χ3v) is 6.90. The molecule has 18 nitrogen and oxygen atoms in total. The number of benzene rings is 2. The highest BCUT2D eigenvalue weighted by atomic mass is 35.5. The minimum absolute atomic E-state index is 0.197. The second-order valence-corrected chi connectivity index (χ2v) is 10.5. The summed E-state index contributed by atoms with van der Waals surface area (Å²) in [7, 11) is 5.55. The van der Waals surface area contributed by atoms with Crippen molar-refractivity contribution in [3.63, 3.8) is 0 Å². The van der Waals surface area contributed by atoms with E-state index in [0.29, 0.717) is 65.9 Å². The van der Waals surface area contributed by atoms with Crippen molar-refractivity contribution in [1.82, 2.24) is 19.4 Å². The Morgan fingerprint density at radius 3 is 2.57 bits per heavy atom. The SMILES string of the molecule is CCOC[C@@H](CN(C)C)Oc1cc(OC)c(Nc2ncc(Cl)c(-c3cn4c5c(cccc35)OCC4)n2)cc1N.N/N=N/N=N/N=N/N. The fourth-order valence-electron chi connectivity index (χ4n) is 4.79. The first-order valence-corrected chi connectivity index (χ1v) is 14.7. The Balaban J connectivity index is 0.000000555. The van der Waals surface area contributed by atoms with E-state index in [9.17, 15) is 0 Å². The van der Waals surface area contributed by atoms with Gasteiger partial charge in [0.1, 0.15) is 30.0 Å². The predicted octanol–water partition coefficient (Wildman–Crippen LogP) is 4.74. The van der Waals surface area contributed by atoms with Crippen molar-refractivity contribution >= 4 is 39.8 Å². The molecule has 19 heteroatoms. The molecule has 0 amide bonds. The third-order valence-electron chi connectivity index (χ3n) is 6.62. The number of methoxy groups -OCH3 is 1. The van der Waals surface area contributed by atoms with Gasteiger partial charge in [-0.05, 0) is 54.0 Å². The number of nitrogens with zero attached hydrogens (tertiary/aromatic N) is 10. The smallest absolute Gasteiger partial charge is 0.227 e. The molecule has 0 aliphatic carbocycles. The highest BCUT2D eigenvalue weighted by Crippen LogP contribution is 2.40. The fourth-order valence-corrected chi connectivity index (χ4v) is 4.98. The molecule has 7 N–H and O–H groups in total. The van der Waals surface area contributed by atoms with Crippen LogP contribution < -0.4 is 36.9 Å². The van der Waals surface area contributed by atoms with E-state index in [1.807, 2.05) is 44.1 Å². The lowest BCUT2D eigenvalue weighted by molar-refractivity contribution is 0.0435. The largest absolute Gasteiger partial charge is 0.494 e. The molecule has 2 aromatic heterocycles. The van der Waals surface area contributed by atoms with Crippen molar-refractivity contribution in [3.05, 3.63) is 47.7 Å². The Labute approximate surface area is 275 Å². The van der Waals surface area contributed by atoms with E-state index in [1.54, 1.807) is 25.4 Å². The maximum atomic E-state index is 6.60. The molecule has 250 valence electrons. The third kappa shape index (κ3) is 8.90. The first-order valence-electron chi connectivity index (χ1n) is 14.3. The van der Waals surface area contributed by atoms with E-state index in [0.717, 1.165) is 28.8 Å². The van der Waals surface area contributed by atoms with Crippen molar-refractivity contribution < 1.29 is 18.9 Å². The van der Waals surface area contributed by atoms with E-state index in [-0.39, 0.29) is 6.10 Å². The van der Waals surface area contributed by atoms with E-state index in [2.05, 4.69) is 64.1 Å². The van der Waals surface area contributed by atoms with Gasteiger partial charge < -0.3 is 51.2 Å². The first-order chi connectivity index (χ1) is 22.8. The van der Waals surface area contributed by atoms with Gasteiger partial charge in [-0.3, -0.25) is 0 Å². The van der Waals surface area contributed by atoms with Crippen molar-refractivity contribution in [2.75, 3.05) is 58.6 Å². The number of hydrogen-bond acceptors (Lipinski definition) is 11. The Kier molecular flexibility index (Phi) is 12.4. The summed E-state index contributed by atoms with van der Waals surface area (Å²) in [6, 6.07) is 9.49. The van der Waals surface area contributed by atoms with Crippen LogP contribution in [-0.4, -0.2) is 73.1 Å². The van der Waals surface area contributed by atoms with E-state index >= 15 is 0 Å². The van der Waals surface area contributed by atoms with Crippen LogP contribution in [0.1, 0.15) is 6.92 Å². The fraction of sp³-hybridized carbons (Fsp3) is 0.357. The lowest BCUT2D eigenvalue weighted by Gasteiger charge is -2.24. The zero-order valence-corrected chi connectivity index (χ0v) is 27.1. The summed E-state index contributed by atoms with van der Waals surface area (Å²) in [6.45, 7) is 5.05. The second-order valence-electron chi connectivity index (χ2n) is 10.1. The van der Waals surface area contributed by atoms with Gasteiger partial charge in [-0.15, -0.1) is 0 Å². The molecule has 0 saturated carbocycles. The van der Waals surface area contributed by atoms with Crippen LogP contribution in [0.4, 0.5) is 17.3 Å². The maximum Gasteiger partial charge on any atom is 0.227 e. The quantitative estimate of drug-likeness (QED) is 0.0656. The number of rotatable bonds is 13. The number of hydrogen-bond donors (Lipinski definition) is 4. The number of likely N-dealkylation sites (N-methyl/N-ethyl adjacent to an activating group) is 1. The van der Waals surface area contributed by atoms with Crippen molar-refractivity contribution in [2.24, 2.45) is 43.0 Å². The van der Waals surface area contributed by atoms with Gasteiger partial charge in [0, 0.05) is 36.4 Å². The molecular formula is C28H37ClN14O4. The van der Waals surface area contributed by atoms with Gasteiger partial charge in [0.25, 0.3) is 0 Å². The van der Waals surface area contributed by atoms with Crippen molar-refractivity contribution in [3.8, 4) is 28.5 Å². The Hall–Kier alpha value is -5.33. The van der Waals surface area contributed by atoms with Crippen LogP contribution in [-0.2, 0) is 11.3 Å². The lowest BCUT2D eigenvalue weighted by Crippen LogP contribution is -2.34. The van der Waals surface area contributed by atoms with Gasteiger partial charge in [-0.1, -0.05) is 34.2 Å². The number of nitrogen functional groups attached to an aromatic ring is 1. The first kappa shape index (κ1) is 34.5. The molecule has 0 spiro atoms. The number of nitrogens with one attached hydrogen (secondary N) is 1. The lowest BCUT2D eigenvalue weighted by atomic mass is 10.1. The molecule has 0 radical (unpaired) electrons. The van der Waals surface area contributed by atoms with E-state index < -0.39 is 0 Å². The minimum atomic E-state index is -0.197. The number of ether oxygens (including phenoxy) is 4. The topological polar surface area (TPSA) is 235 Å². The van der Waals surface area contributed by atoms with E-state index in [4.69, 9.17) is 41.3 Å². The molecular weight excluding hydrogens is 632 g/mol. The van der Waals surface area contributed by atoms with Crippen molar-refractivity contribution in [1.29, 1.82) is 0 Å². The maximum absolute atomic E-state index is 6.60. The van der Waals surface area contributed by atoms with E-state index in [1.165, 1.54) is 0 Å². The zero-order valence-electron chi connectivity index (χ0n) is 26.4. The monoisotopic (exact) mass is 668 g/mol. The summed E-state index contributed by atoms with van der Waals surface area (Å²) in [5.74, 6) is 11.3. The summed E-state index contributed by atoms with van der Waals surface area (Å²) < 4.78 is 25.5. The van der Waals surface area contributed by atoms with Gasteiger partial charge in [-0.2, -0.15) is 0 Å². The molecule has 2 aromatic carbocycles. The molecule has 5 rings (SSSR count). The van der Waals surface area contributed by atoms with Gasteiger partial charge in [0.15, 0.2) is 0 Å². The van der Waals surface area contributed by atoms with Crippen LogP contribution in [0, 0.1) is 0 Å². The molecule has 4 aromatic rings. The van der Waals surface area contributed by atoms with Crippen LogP contribution in [0.2, 0.25) is 5.02 Å². The summed E-state index contributed by atoms with van der Waals surface area (Å²) in [4.78, 5) is 11.2. The minimum Gasteiger partial charge on any atom is -0.494 e. The van der Waals surface area contributed by atoms with Crippen LogP contribution in [0.3, 0.4) is 0 Å². The van der Waals surface area contributed by atoms with Crippen LogP contribution in [0.5, 0.6) is 17.2 Å². The zero-order chi connectivity index (χ0) is 33.8. The molecule has 0 saturated heterocycles. The Bertz CT molecular complexity index is 1720. The predicted molar refractivity (Wildman–Crippen MR) is 177 cm³/mol. The van der Waals surface area contributed by atoms with Gasteiger partial charge >= 0.3 is 0 Å². The van der Waals surface area contributed by atoms with Crippen LogP contribution in [0.25, 0.3) is 22.2 Å². The summed E-state index contributed by atoms with van der Waals surface area (Å²) in [5, 5.41) is 21.7. The molecule has 0 unspecified atom stereocenters. The Morgan fingerprint density at radius 2 is 1.89 bits per heavy atom. The number of halogens is 1. The van der Waals surface area contributed by atoms with Crippen LogP contribution >= 0.6 is 11.6 Å². The number of nitrogens with two attached hydrogens (primary N) is 3. The summed E-state index contributed by atoms with van der Waals surface area (Å²) in [5.41, 5.74) is 10.0. The normalized spacial score (nSPS) is 13.2. The molecule has 1 atom stereocenters. The van der Waals surface area contributed by atoms with Crippen LogP contribution in [0.15, 0.2) is 74.1 Å². The highest BCUT2D eigenvalue weighted by molar-refractivity contribution is 6.33. The average molecular weight is 669 g/mol. The van der Waals surface area contributed by atoms with Gasteiger partial charge in [0.05, 0.1) is 54.1 Å². The molecule has 47 heavy (non-hydrogen) atoms. The molecule has 1 aliphatic rings. The van der Waals surface area contributed by atoms with Gasteiger partial charge in [0.2, 0.25) is 5.95 Å². The average Bonchev–Trinajstić information content (AvgIpc) is 3.44. The van der Waals surface area contributed by atoms with Gasteiger partial charge in [-0.25, -0.2) is 9.97 Å². The number of anilines is 3. The molecule has 3 heterocycles. The second kappa shape index (κ2) is 16.8. The molecule has 0 fully saturated rings. The highest BCUT2D eigenvalue weighted by Gasteiger charge is 2.21. The standard InChI is InChI=1S/C28H33ClN6O4.H4N8/c1-5-37-16-17(14-34(2)3)39-24-12-25(36-4)22(11-21(24)30)32-28-31-13-20(29)26(33-28)19-15-35-9-10-38-23-8-6-7-18(19)27(23)35;1-3-5-7-8-6-4-2/h6-8,11-13,15,17H,5,9-10,14,16,30H2,1-4H3,(H,31,32,33);(H2,1,4,5,8)(H2,2,3,6,7)/t17-;/m1./s1. The Morgan fingerprint density at radius 1 is 1.13 bits per heavy atom.